The summed E-state index contributed by atoms with van der Waals surface area (Å²) in [7, 11) is -3.72. The smallest absolute Gasteiger partial charge is 0.238 e. The maximum atomic E-state index is 11.3. The van der Waals surface area contributed by atoms with E-state index in [-0.39, 0.29) is 4.90 Å². The number of sulfonamides is 1. The summed E-state index contributed by atoms with van der Waals surface area (Å²) in [6.07, 6.45) is 0. The number of primary sulfonamides is 1. The highest BCUT2D eigenvalue weighted by atomic mass is 32.2. The standard InChI is InChI=1S/C15H16N2O3S/c1-12(17-20-11-13-6-3-2-4-7-13)14-8-5-9-15(10-14)21(16,18)19/h2-10H,11H2,1H3,(H2,16,18,19)/b17-12+. The van der Waals surface area contributed by atoms with Crippen molar-refractivity contribution < 1.29 is 13.3 Å². The Morgan fingerprint density at radius 3 is 2.52 bits per heavy atom. The second kappa shape index (κ2) is 6.51. The van der Waals surface area contributed by atoms with E-state index in [1.165, 1.54) is 12.1 Å². The van der Waals surface area contributed by atoms with E-state index in [0.29, 0.717) is 17.9 Å². The van der Waals surface area contributed by atoms with Gasteiger partial charge in [0, 0.05) is 5.56 Å². The average Bonchev–Trinajstić information content (AvgIpc) is 2.47. The van der Waals surface area contributed by atoms with Gasteiger partial charge in [-0.25, -0.2) is 13.6 Å². The SMILES string of the molecule is C/C(=N\OCc1ccccc1)c1cccc(S(N)(=O)=O)c1. The van der Waals surface area contributed by atoms with Crippen LogP contribution >= 0.6 is 0 Å². The molecule has 0 aromatic heterocycles. The number of oxime groups is 1. The molecule has 0 spiro atoms. The number of hydrogen-bond acceptors (Lipinski definition) is 4. The second-order valence-corrected chi connectivity index (χ2v) is 6.07. The van der Waals surface area contributed by atoms with Gasteiger partial charge in [0.05, 0.1) is 10.6 Å². The first kappa shape index (κ1) is 15.2. The van der Waals surface area contributed by atoms with E-state index >= 15 is 0 Å². The van der Waals surface area contributed by atoms with E-state index in [0.717, 1.165) is 5.56 Å². The van der Waals surface area contributed by atoms with Gasteiger partial charge >= 0.3 is 0 Å². The van der Waals surface area contributed by atoms with E-state index in [1.54, 1.807) is 19.1 Å². The van der Waals surface area contributed by atoms with Crippen LogP contribution in [-0.2, 0) is 21.5 Å². The van der Waals surface area contributed by atoms with Gasteiger partial charge in [0.1, 0.15) is 6.61 Å². The van der Waals surface area contributed by atoms with Crippen molar-refractivity contribution in [3.8, 4) is 0 Å². The van der Waals surface area contributed by atoms with Crippen LogP contribution in [0.15, 0.2) is 64.6 Å². The number of hydrogen-bond donors (Lipinski definition) is 1. The van der Waals surface area contributed by atoms with Crippen LogP contribution in [0.3, 0.4) is 0 Å². The molecule has 0 saturated heterocycles. The Balaban J connectivity index is 2.09. The molecule has 6 heteroatoms. The molecule has 2 rings (SSSR count). The van der Waals surface area contributed by atoms with E-state index in [1.807, 2.05) is 30.3 Å². The fourth-order valence-corrected chi connectivity index (χ4v) is 2.29. The highest BCUT2D eigenvalue weighted by Gasteiger charge is 2.09. The summed E-state index contributed by atoms with van der Waals surface area (Å²) < 4.78 is 22.6. The van der Waals surface area contributed by atoms with Crippen molar-refractivity contribution in [3.63, 3.8) is 0 Å². The number of nitrogens with two attached hydrogens (primary N) is 1. The summed E-state index contributed by atoms with van der Waals surface area (Å²) in [5.74, 6) is 0. The second-order valence-electron chi connectivity index (χ2n) is 4.51. The molecular formula is C15H16N2O3S. The zero-order valence-electron chi connectivity index (χ0n) is 11.6. The maximum Gasteiger partial charge on any atom is 0.238 e. The van der Waals surface area contributed by atoms with Gasteiger partial charge in [-0.1, -0.05) is 47.6 Å². The molecule has 2 aromatic carbocycles. The van der Waals surface area contributed by atoms with E-state index in [9.17, 15) is 8.42 Å². The number of benzene rings is 2. The Hall–Kier alpha value is -2.18. The minimum absolute atomic E-state index is 0.0533. The van der Waals surface area contributed by atoms with Gasteiger partial charge in [-0.05, 0) is 24.6 Å². The topological polar surface area (TPSA) is 81.8 Å². The molecule has 110 valence electrons. The molecule has 0 aliphatic rings. The van der Waals surface area contributed by atoms with Crippen LogP contribution in [0.5, 0.6) is 0 Å². The maximum absolute atomic E-state index is 11.3. The molecule has 0 atom stereocenters. The summed E-state index contributed by atoms with van der Waals surface area (Å²) in [6, 6.07) is 15.9. The predicted octanol–water partition coefficient (Wildman–Crippen LogP) is 2.27. The van der Waals surface area contributed by atoms with Crippen LogP contribution in [0, 0.1) is 0 Å². The molecule has 0 amide bonds. The normalized spacial score (nSPS) is 12.2. The molecule has 2 aromatic rings. The Labute approximate surface area is 124 Å². The summed E-state index contributed by atoms with van der Waals surface area (Å²) in [5.41, 5.74) is 2.23. The van der Waals surface area contributed by atoms with Crippen LogP contribution in [0.25, 0.3) is 0 Å². The average molecular weight is 304 g/mol. The molecule has 0 radical (unpaired) electrons. The molecule has 0 bridgehead atoms. The largest absolute Gasteiger partial charge is 0.391 e. The summed E-state index contributed by atoms with van der Waals surface area (Å²) in [6.45, 7) is 2.10. The Bertz CT molecular complexity index is 741. The van der Waals surface area contributed by atoms with Gasteiger partial charge in [-0.15, -0.1) is 0 Å². The molecule has 21 heavy (non-hydrogen) atoms. The Kier molecular flexibility index (Phi) is 4.72. The minimum atomic E-state index is -3.72. The van der Waals surface area contributed by atoms with Crippen molar-refractivity contribution in [2.24, 2.45) is 10.3 Å². The lowest BCUT2D eigenvalue weighted by molar-refractivity contribution is 0.130. The molecule has 2 N–H and O–H groups in total. The van der Waals surface area contributed by atoms with Gasteiger partial charge in [-0.2, -0.15) is 0 Å². The predicted molar refractivity (Wildman–Crippen MR) is 81.3 cm³/mol. The molecule has 0 aliphatic heterocycles. The monoisotopic (exact) mass is 304 g/mol. The molecule has 0 saturated carbocycles. The molecule has 0 aliphatic carbocycles. The third kappa shape index (κ3) is 4.40. The Morgan fingerprint density at radius 2 is 1.86 bits per heavy atom. The fourth-order valence-electron chi connectivity index (χ4n) is 1.73. The molecular weight excluding hydrogens is 288 g/mol. The lowest BCUT2D eigenvalue weighted by atomic mass is 10.1. The molecule has 0 fully saturated rings. The van der Waals surface area contributed by atoms with Crippen molar-refractivity contribution in [2.75, 3.05) is 0 Å². The zero-order valence-corrected chi connectivity index (χ0v) is 12.4. The van der Waals surface area contributed by atoms with Crippen LogP contribution in [-0.4, -0.2) is 14.1 Å². The first-order valence-corrected chi connectivity index (χ1v) is 7.85. The first-order chi connectivity index (χ1) is 9.97. The van der Waals surface area contributed by atoms with Gasteiger partial charge in [0.2, 0.25) is 10.0 Å². The third-order valence-electron chi connectivity index (χ3n) is 2.86. The first-order valence-electron chi connectivity index (χ1n) is 6.30. The lowest BCUT2D eigenvalue weighted by Crippen LogP contribution is -2.12. The molecule has 0 unspecified atom stereocenters. The van der Waals surface area contributed by atoms with Gasteiger partial charge < -0.3 is 4.84 Å². The van der Waals surface area contributed by atoms with Gasteiger partial charge in [0.15, 0.2) is 0 Å². The Morgan fingerprint density at radius 1 is 1.14 bits per heavy atom. The minimum Gasteiger partial charge on any atom is -0.391 e. The van der Waals surface area contributed by atoms with E-state index in [4.69, 9.17) is 9.98 Å². The van der Waals surface area contributed by atoms with E-state index in [2.05, 4.69) is 5.16 Å². The zero-order chi connectivity index (χ0) is 15.3. The molecule has 5 nitrogen and oxygen atoms in total. The third-order valence-corrected chi connectivity index (χ3v) is 3.77. The summed E-state index contributed by atoms with van der Waals surface area (Å²) in [4.78, 5) is 5.32. The van der Waals surface area contributed by atoms with Crippen molar-refractivity contribution in [1.82, 2.24) is 0 Å². The lowest BCUT2D eigenvalue weighted by Gasteiger charge is -2.04. The van der Waals surface area contributed by atoms with Crippen molar-refractivity contribution in [1.29, 1.82) is 0 Å². The fraction of sp³-hybridized carbons (Fsp3) is 0.133. The number of nitrogens with zero attached hydrogens (tertiary/aromatic N) is 1. The quantitative estimate of drug-likeness (QED) is 0.679. The molecule has 0 heterocycles. The van der Waals surface area contributed by atoms with Gasteiger partial charge in [-0.3, -0.25) is 0 Å². The highest BCUT2D eigenvalue weighted by molar-refractivity contribution is 7.89. The van der Waals surface area contributed by atoms with Crippen LogP contribution in [0.2, 0.25) is 0 Å². The number of rotatable bonds is 5. The van der Waals surface area contributed by atoms with Crippen molar-refractivity contribution in [2.45, 2.75) is 18.4 Å². The van der Waals surface area contributed by atoms with Gasteiger partial charge in [0.25, 0.3) is 0 Å². The van der Waals surface area contributed by atoms with Crippen LogP contribution in [0.4, 0.5) is 0 Å². The van der Waals surface area contributed by atoms with Crippen molar-refractivity contribution >= 4 is 15.7 Å². The highest BCUT2D eigenvalue weighted by Crippen LogP contribution is 2.11. The summed E-state index contributed by atoms with van der Waals surface area (Å²) in [5, 5.41) is 9.10. The van der Waals surface area contributed by atoms with Crippen LogP contribution in [0.1, 0.15) is 18.1 Å². The van der Waals surface area contributed by atoms with Crippen LogP contribution < -0.4 is 5.14 Å². The van der Waals surface area contributed by atoms with Crippen molar-refractivity contribution in [3.05, 3.63) is 65.7 Å². The summed E-state index contributed by atoms with van der Waals surface area (Å²) >= 11 is 0. The van der Waals surface area contributed by atoms with E-state index < -0.39 is 10.0 Å².